The zero-order valence-corrected chi connectivity index (χ0v) is 6.34. The van der Waals surface area contributed by atoms with Gasteiger partial charge in [0.15, 0.2) is 5.75 Å². The number of nitrogens with one attached hydrogen (secondary N) is 1. The second-order valence-corrected chi connectivity index (χ2v) is 2.70. The molecule has 1 N–H and O–H groups in total. The van der Waals surface area contributed by atoms with Crippen molar-refractivity contribution in [3.63, 3.8) is 0 Å². The zero-order valence-electron chi connectivity index (χ0n) is 6.34. The molecule has 1 atom stereocenters. The van der Waals surface area contributed by atoms with Crippen molar-refractivity contribution in [2.24, 2.45) is 0 Å². The van der Waals surface area contributed by atoms with Gasteiger partial charge < -0.3 is 9.64 Å². The van der Waals surface area contributed by atoms with E-state index in [2.05, 4.69) is 13.1 Å². The Morgan fingerprint density at radius 2 is 2.18 bits per heavy atom. The highest BCUT2D eigenvalue weighted by Crippen LogP contribution is 2.21. The molecule has 0 spiro atoms. The molecule has 0 radical (unpaired) electrons. The van der Waals surface area contributed by atoms with Gasteiger partial charge >= 0.3 is 0 Å². The molecule has 0 amide bonds. The molecule has 11 heavy (non-hydrogen) atoms. The summed E-state index contributed by atoms with van der Waals surface area (Å²) in [5.41, 5.74) is 1.17. The molecular weight excluding hydrogens is 138 g/mol. The van der Waals surface area contributed by atoms with Crippen molar-refractivity contribution in [2.75, 3.05) is 13.2 Å². The van der Waals surface area contributed by atoms with Crippen LogP contribution in [0.25, 0.3) is 0 Å². The predicted octanol–water partition coefficient (Wildman–Crippen LogP) is 0.387. The lowest BCUT2D eigenvalue weighted by molar-refractivity contribution is -0.786. The third kappa shape index (κ3) is 1.10. The first-order chi connectivity index (χ1) is 5.38. The number of hydrogen-bond acceptors (Lipinski definition) is 1. The van der Waals surface area contributed by atoms with Crippen LogP contribution in [0.15, 0.2) is 24.3 Å². The fourth-order valence-electron chi connectivity index (χ4n) is 1.30. The van der Waals surface area contributed by atoms with Crippen molar-refractivity contribution in [2.45, 2.75) is 0 Å². The van der Waals surface area contributed by atoms with E-state index in [9.17, 15) is 0 Å². The summed E-state index contributed by atoms with van der Waals surface area (Å²) in [6.45, 7) is 1.73. The van der Waals surface area contributed by atoms with Crippen LogP contribution in [0.1, 0.15) is 0 Å². The highest BCUT2D eigenvalue weighted by molar-refractivity contribution is 5.46. The number of rotatable bonds is 0. The third-order valence-electron chi connectivity index (χ3n) is 1.93. The molecule has 2 heteroatoms. The molecule has 0 fully saturated rings. The van der Waals surface area contributed by atoms with Crippen molar-refractivity contribution in [1.29, 1.82) is 0 Å². The normalized spacial score (nSPS) is 22.1. The van der Waals surface area contributed by atoms with Crippen LogP contribution in [0, 0.1) is 7.05 Å². The lowest BCUT2D eigenvalue weighted by Gasteiger charge is -2.27. The van der Waals surface area contributed by atoms with Crippen molar-refractivity contribution in [1.82, 2.24) is 0 Å². The fourth-order valence-corrected chi connectivity index (χ4v) is 1.30. The first kappa shape index (κ1) is 6.68. The molecule has 0 aromatic heterocycles. The first-order valence-electron chi connectivity index (χ1n) is 3.78. The fraction of sp³-hybridized carbons (Fsp3) is 0.222. The van der Waals surface area contributed by atoms with Gasteiger partial charge in [0.25, 0.3) is 0 Å². The summed E-state index contributed by atoms with van der Waals surface area (Å²) >= 11 is 0. The van der Waals surface area contributed by atoms with Gasteiger partial charge in [-0.05, 0) is 6.07 Å². The van der Waals surface area contributed by atoms with Gasteiger partial charge in [0, 0.05) is 6.07 Å². The van der Waals surface area contributed by atoms with Crippen molar-refractivity contribution in [3.05, 3.63) is 31.3 Å². The minimum Gasteiger partial charge on any atom is -0.482 e. The Hall–Kier alpha value is -1.02. The van der Waals surface area contributed by atoms with E-state index in [0.29, 0.717) is 0 Å². The third-order valence-corrected chi connectivity index (χ3v) is 1.93. The van der Waals surface area contributed by atoms with Gasteiger partial charge in [-0.2, -0.15) is 0 Å². The van der Waals surface area contributed by atoms with E-state index in [0.717, 1.165) is 18.9 Å². The van der Waals surface area contributed by atoms with Gasteiger partial charge in [-0.1, -0.05) is 12.1 Å². The predicted molar refractivity (Wildman–Crippen MR) is 42.8 cm³/mol. The Kier molecular flexibility index (Phi) is 1.55. The maximum Gasteiger partial charge on any atom is 0.177 e. The van der Waals surface area contributed by atoms with E-state index < -0.39 is 0 Å². The summed E-state index contributed by atoms with van der Waals surface area (Å²) in [6.07, 6.45) is 0. The summed E-state index contributed by atoms with van der Waals surface area (Å²) < 4.78 is 5.43. The van der Waals surface area contributed by atoms with Gasteiger partial charge in [0.2, 0.25) is 0 Å². The SMILES string of the molecule is [CH2-][NH+]1CCOc2ccccc21. The smallest absolute Gasteiger partial charge is 0.177 e. The molecule has 1 aromatic carbocycles. The molecule has 58 valence electrons. The van der Waals surface area contributed by atoms with Crippen molar-refractivity contribution < 1.29 is 9.64 Å². The monoisotopic (exact) mass is 149 g/mol. The average molecular weight is 149 g/mol. The van der Waals surface area contributed by atoms with E-state index in [4.69, 9.17) is 4.74 Å². The molecule has 2 rings (SSSR count). The van der Waals surface area contributed by atoms with Gasteiger partial charge in [0.1, 0.15) is 12.3 Å². The molecular formula is C9H11NO. The standard InChI is InChI=1S/C9H11NO/c1-10-6-7-11-9-5-3-2-4-8(9)10/h2-5,10H,1,6-7H2. The Labute approximate surface area is 66.4 Å². The van der Waals surface area contributed by atoms with Crippen LogP contribution in [0.2, 0.25) is 0 Å². The van der Waals surface area contributed by atoms with Crippen LogP contribution >= 0.6 is 0 Å². The average Bonchev–Trinajstić information content (AvgIpc) is 2.06. The molecule has 1 heterocycles. The van der Waals surface area contributed by atoms with Crippen LogP contribution in [-0.2, 0) is 0 Å². The maximum atomic E-state index is 5.43. The Bertz CT molecular complexity index is 259. The summed E-state index contributed by atoms with van der Waals surface area (Å²) in [4.78, 5) is 1.19. The molecule has 0 aliphatic carbocycles. The lowest BCUT2D eigenvalue weighted by atomic mass is 10.2. The topological polar surface area (TPSA) is 13.7 Å². The van der Waals surface area contributed by atoms with E-state index in [-0.39, 0.29) is 0 Å². The second kappa shape index (κ2) is 2.55. The van der Waals surface area contributed by atoms with E-state index in [1.807, 2.05) is 18.2 Å². The summed E-state index contributed by atoms with van der Waals surface area (Å²) in [7, 11) is 3.98. The summed E-state index contributed by atoms with van der Waals surface area (Å²) in [5, 5.41) is 0. The van der Waals surface area contributed by atoms with Gasteiger partial charge in [-0.25, -0.2) is 0 Å². The second-order valence-electron chi connectivity index (χ2n) is 2.70. The zero-order chi connectivity index (χ0) is 7.68. The Morgan fingerprint density at radius 3 is 3.00 bits per heavy atom. The van der Waals surface area contributed by atoms with E-state index >= 15 is 0 Å². The minimum absolute atomic E-state index is 0.774. The first-order valence-corrected chi connectivity index (χ1v) is 3.78. The molecule has 2 nitrogen and oxygen atoms in total. The quantitative estimate of drug-likeness (QED) is 0.527. The molecule has 0 saturated heterocycles. The number of benzene rings is 1. The molecule has 0 saturated carbocycles. The number of hydrogen-bond donors (Lipinski definition) is 1. The van der Waals surface area contributed by atoms with Crippen LogP contribution < -0.4 is 9.64 Å². The number of ether oxygens (including phenoxy) is 1. The largest absolute Gasteiger partial charge is 0.482 e. The van der Waals surface area contributed by atoms with Crippen LogP contribution in [0.4, 0.5) is 5.69 Å². The molecule has 1 aliphatic rings. The molecule has 1 unspecified atom stereocenters. The van der Waals surface area contributed by atoms with Crippen molar-refractivity contribution in [3.8, 4) is 5.75 Å². The molecule has 1 aliphatic heterocycles. The van der Waals surface area contributed by atoms with Crippen LogP contribution in [0.5, 0.6) is 5.75 Å². The van der Waals surface area contributed by atoms with E-state index in [1.165, 1.54) is 10.6 Å². The van der Waals surface area contributed by atoms with Crippen LogP contribution in [0.3, 0.4) is 0 Å². The Balaban J connectivity index is 2.44. The Morgan fingerprint density at radius 1 is 1.36 bits per heavy atom. The summed E-state index contributed by atoms with van der Waals surface area (Å²) in [6, 6.07) is 8.03. The van der Waals surface area contributed by atoms with E-state index in [1.54, 1.807) is 0 Å². The van der Waals surface area contributed by atoms with Gasteiger partial charge in [0.05, 0.1) is 6.54 Å². The maximum absolute atomic E-state index is 5.43. The summed E-state index contributed by atoms with van der Waals surface area (Å²) in [5.74, 6) is 0.976. The highest BCUT2D eigenvalue weighted by atomic mass is 16.5. The lowest BCUT2D eigenvalue weighted by Crippen LogP contribution is -3.03. The van der Waals surface area contributed by atoms with Gasteiger partial charge in [-0.15, -0.1) is 7.05 Å². The highest BCUT2D eigenvalue weighted by Gasteiger charge is 2.13. The number of para-hydroxylation sites is 2. The van der Waals surface area contributed by atoms with Crippen LogP contribution in [-0.4, -0.2) is 13.2 Å². The van der Waals surface area contributed by atoms with Crippen molar-refractivity contribution >= 4 is 5.69 Å². The molecule has 1 aromatic rings. The number of quaternary nitrogens is 1. The number of fused-ring (bicyclic) bond motifs is 1. The minimum atomic E-state index is 0.774. The van der Waals surface area contributed by atoms with Gasteiger partial charge in [-0.3, -0.25) is 0 Å². The molecule has 0 bridgehead atoms.